The first-order chi connectivity index (χ1) is 10.9. The lowest BCUT2D eigenvalue weighted by Gasteiger charge is -2.26. The maximum Gasteiger partial charge on any atom is 0.282 e. The number of rotatable bonds is 4. The Morgan fingerprint density at radius 1 is 1.26 bits per heavy atom. The average molecular weight is 336 g/mol. The third-order valence-electron chi connectivity index (χ3n) is 3.94. The van der Waals surface area contributed by atoms with Crippen LogP contribution in [0.2, 0.25) is 0 Å². The van der Waals surface area contributed by atoms with Crippen LogP contribution >= 0.6 is 0 Å². The first-order valence-corrected chi connectivity index (χ1v) is 8.83. The molecule has 0 bridgehead atoms. The topological polar surface area (TPSA) is 95.1 Å². The molecule has 0 aliphatic carbocycles. The standard InChI is InChI=1S/C14H20N6O2S/c1-10-7-11(18-17-10)12-8-16-13(9-15-12)14-5-4-6-20(14)23(21,22)19(2)3/h7-9,14H,4-6H2,1-3H3,(H,17,18)/t14-/m1/s1. The SMILES string of the molecule is Cc1cc(-c2cnc([C@H]3CCCN3S(=O)(=O)N(C)C)cn2)n[nH]1. The number of aryl methyl sites for hydroxylation is 1. The maximum atomic E-state index is 12.4. The van der Waals surface area contributed by atoms with E-state index in [2.05, 4.69) is 20.2 Å². The highest BCUT2D eigenvalue weighted by Gasteiger charge is 2.37. The molecule has 1 aliphatic heterocycles. The average Bonchev–Trinajstić information content (AvgIpc) is 3.16. The molecule has 0 saturated carbocycles. The molecule has 1 N–H and O–H groups in total. The Labute approximate surface area is 135 Å². The van der Waals surface area contributed by atoms with Crippen LogP contribution < -0.4 is 0 Å². The van der Waals surface area contributed by atoms with Crippen molar-refractivity contribution in [1.82, 2.24) is 28.8 Å². The largest absolute Gasteiger partial charge is 0.282 e. The van der Waals surface area contributed by atoms with Crippen LogP contribution in [0, 0.1) is 6.92 Å². The van der Waals surface area contributed by atoms with Gasteiger partial charge in [-0.2, -0.15) is 22.1 Å². The predicted octanol–water partition coefficient (Wildman–Crippen LogP) is 1.12. The molecule has 0 radical (unpaired) electrons. The third kappa shape index (κ3) is 2.99. The van der Waals surface area contributed by atoms with Crippen LogP contribution in [0.1, 0.15) is 30.3 Å². The van der Waals surface area contributed by atoms with Gasteiger partial charge in [-0.3, -0.25) is 15.1 Å². The van der Waals surface area contributed by atoms with E-state index >= 15 is 0 Å². The van der Waals surface area contributed by atoms with Crippen LogP contribution in [0.5, 0.6) is 0 Å². The number of nitrogens with zero attached hydrogens (tertiary/aromatic N) is 5. The quantitative estimate of drug-likeness (QED) is 0.903. The van der Waals surface area contributed by atoms with Crippen molar-refractivity contribution in [2.45, 2.75) is 25.8 Å². The Kier molecular flexibility index (Phi) is 4.17. The smallest absolute Gasteiger partial charge is 0.282 e. The van der Waals surface area contributed by atoms with Crippen LogP contribution in [0.25, 0.3) is 11.4 Å². The van der Waals surface area contributed by atoms with Crippen molar-refractivity contribution >= 4 is 10.2 Å². The van der Waals surface area contributed by atoms with Gasteiger partial charge in [0.25, 0.3) is 10.2 Å². The number of aromatic nitrogens is 4. The fourth-order valence-electron chi connectivity index (χ4n) is 2.71. The Morgan fingerprint density at radius 3 is 2.61 bits per heavy atom. The van der Waals surface area contributed by atoms with Crippen molar-refractivity contribution in [3.05, 3.63) is 29.8 Å². The normalized spacial score (nSPS) is 19.6. The lowest BCUT2D eigenvalue weighted by molar-refractivity contribution is 0.357. The molecular formula is C14H20N6O2S. The fraction of sp³-hybridized carbons (Fsp3) is 0.500. The number of hydrogen-bond acceptors (Lipinski definition) is 5. The summed E-state index contributed by atoms with van der Waals surface area (Å²) >= 11 is 0. The van der Waals surface area contributed by atoms with E-state index in [1.165, 1.54) is 8.61 Å². The molecule has 0 aromatic carbocycles. The highest BCUT2D eigenvalue weighted by molar-refractivity contribution is 7.86. The van der Waals surface area contributed by atoms with E-state index in [4.69, 9.17) is 0 Å². The van der Waals surface area contributed by atoms with E-state index in [0.717, 1.165) is 24.2 Å². The van der Waals surface area contributed by atoms with Gasteiger partial charge in [-0.1, -0.05) is 0 Å². The second kappa shape index (κ2) is 5.99. The molecule has 0 unspecified atom stereocenters. The highest BCUT2D eigenvalue weighted by atomic mass is 32.2. The molecule has 8 nitrogen and oxygen atoms in total. The molecule has 2 aromatic rings. The monoisotopic (exact) mass is 336 g/mol. The van der Waals surface area contributed by atoms with Crippen molar-refractivity contribution in [3.8, 4) is 11.4 Å². The molecule has 23 heavy (non-hydrogen) atoms. The van der Waals surface area contributed by atoms with Crippen LogP contribution in [0.15, 0.2) is 18.5 Å². The molecule has 124 valence electrons. The fourth-order valence-corrected chi connectivity index (χ4v) is 4.03. The first kappa shape index (κ1) is 16.0. The van der Waals surface area contributed by atoms with Crippen molar-refractivity contribution in [2.24, 2.45) is 0 Å². The van der Waals surface area contributed by atoms with Gasteiger partial charge in [0.2, 0.25) is 0 Å². The van der Waals surface area contributed by atoms with Crippen molar-refractivity contribution in [2.75, 3.05) is 20.6 Å². The lowest BCUT2D eigenvalue weighted by atomic mass is 10.1. The van der Waals surface area contributed by atoms with Crippen molar-refractivity contribution in [3.63, 3.8) is 0 Å². The minimum Gasteiger partial charge on any atom is -0.282 e. The highest BCUT2D eigenvalue weighted by Crippen LogP contribution is 2.33. The van der Waals surface area contributed by atoms with Gasteiger partial charge in [0.15, 0.2) is 0 Å². The van der Waals surface area contributed by atoms with E-state index in [1.807, 2.05) is 13.0 Å². The summed E-state index contributed by atoms with van der Waals surface area (Å²) in [7, 11) is -0.369. The second-order valence-electron chi connectivity index (χ2n) is 5.82. The second-order valence-corrected chi connectivity index (χ2v) is 7.92. The summed E-state index contributed by atoms with van der Waals surface area (Å²) < 4.78 is 27.5. The summed E-state index contributed by atoms with van der Waals surface area (Å²) in [6.07, 6.45) is 4.86. The molecule has 1 saturated heterocycles. The summed E-state index contributed by atoms with van der Waals surface area (Å²) in [5, 5.41) is 7.02. The lowest BCUT2D eigenvalue weighted by Crippen LogP contribution is -2.39. The Balaban J connectivity index is 1.87. The first-order valence-electron chi connectivity index (χ1n) is 7.43. The molecular weight excluding hydrogens is 316 g/mol. The number of nitrogens with one attached hydrogen (secondary N) is 1. The third-order valence-corrected chi connectivity index (χ3v) is 5.90. The molecule has 1 fully saturated rings. The number of H-pyrrole nitrogens is 1. The van der Waals surface area contributed by atoms with Crippen LogP contribution in [-0.2, 0) is 10.2 Å². The van der Waals surface area contributed by atoms with E-state index in [9.17, 15) is 8.42 Å². The van der Waals surface area contributed by atoms with E-state index in [-0.39, 0.29) is 6.04 Å². The summed E-state index contributed by atoms with van der Waals surface area (Å²) in [6, 6.07) is 1.63. The Hall–Kier alpha value is -1.84. The zero-order valence-corrected chi connectivity index (χ0v) is 14.2. The number of aromatic amines is 1. The van der Waals surface area contributed by atoms with Crippen molar-refractivity contribution in [1.29, 1.82) is 0 Å². The summed E-state index contributed by atoms with van der Waals surface area (Å²) in [5.74, 6) is 0. The Bertz CT molecular complexity index is 784. The molecule has 2 aromatic heterocycles. The van der Waals surface area contributed by atoms with Gasteiger partial charge in [0, 0.05) is 26.3 Å². The van der Waals surface area contributed by atoms with E-state index < -0.39 is 10.2 Å². The molecule has 3 heterocycles. The molecule has 9 heteroatoms. The van der Waals surface area contributed by atoms with Gasteiger partial charge >= 0.3 is 0 Å². The van der Waals surface area contributed by atoms with Gasteiger partial charge in [-0.05, 0) is 25.8 Å². The molecule has 1 atom stereocenters. The van der Waals surface area contributed by atoms with Gasteiger partial charge in [0.1, 0.15) is 11.4 Å². The zero-order chi connectivity index (χ0) is 16.6. The maximum absolute atomic E-state index is 12.4. The van der Waals surface area contributed by atoms with Crippen molar-refractivity contribution < 1.29 is 8.42 Å². The van der Waals surface area contributed by atoms with Gasteiger partial charge < -0.3 is 0 Å². The van der Waals surface area contributed by atoms with E-state index in [1.54, 1.807) is 26.5 Å². The summed E-state index contributed by atoms with van der Waals surface area (Å²) in [6.45, 7) is 2.42. The predicted molar refractivity (Wildman–Crippen MR) is 85.6 cm³/mol. The molecule has 1 aliphatic rings. The Morgan fingerprint density at radius 2 is 2.04 bits per heavy atom. The summed E-state index contributed by atoms with van der Waals surface area (Å²) in [4.78, 5) is 8.82. The molecule has 3 rings (SSSR count). The van der Waals surface area contributed by atoms with Gasteiger partial charge in [-0.25, -0.2) is 0 Å². The van der Waals surface area contributed by atoms with Crippen LogP contribution in [0.4, 0.5) is 0 Å². The van der Waals surface area contributed by atoms with Gasteiger partial charge in [-0.15, -0.1) is 0 Å². The van der Waals surface area contributed by atoms with Gasteiger partial charge in [0.05, 0.1) is 24.1 Å². The molecule has 0 amide bonds. The number of hydrogen-bond donors (Lipinski definition) is 1. The molecule has 0 spiro atoms. The van der Waals surface area contributed by atoms with Crippen LogP contribution in [-0.4, -0.2) is 57.8 Å². The van der Waals surface area contributed by atoms with E-state index in [0.29, 0.717) is 17.9 Å². The van der Waals surface area contributed by atoms with Crippen LogP contribution in [0.3, 0.4) is 0 Å². The minimum absolute atomic E-state index is 0.259. The minimum atomic E-state index is -3.45. The zero-order valence-electron chi connectivity index (χ0n) is 13.4. The summed E-state index contributed by atoms with van der Waals surface area (Å²) in [5.41, 5.74) is 3.01.